The van der Waals surface area contributed by atoms with Gasteiger partial charge in [-0.3, -0.25) is 4.79 Å². The maximum atomic E-state index is 10.7. The van der Waals surface area contributed by atoms with Gasteiger partial charge in [-0.1, -0.05) is 23.8 Å². The fourth-order valence-corrected chi connectivity index (χ4v) is 1.42. The van der Waals surface area contributed by atoms with Crippen LogP contribution in [0, 0.1) is 0 Å². The van der Waals surface area contributed by atoms with E-state index in [1.807, 2.05) is 6.92 Å². The molecular weight excluding hydrogens is 214 g/mol. The number of carboxylic acids is 1. The summed E-state index contributed by atoms with van der Waals surface area (Å²) in [6.45, 7) is 5.59. The van der Waals surface area contributed by atoms with Crippen LogP contribution in [-0.4, -0.2) is 11.1 Å². The number of carboxylic acid groups (broad SMARTS) is 1. The Hall–Kier alpha value is -1.32. The zero-order valence-electron chi connectivity index (χ0n) is 8.33. The Kier molecular flexibility index (Phi) is 3.50. The number of hydrogen-bond donors (Lipinski definition) is 2. The Labute approximate surface area is 93.2 Å². The SMILES string of the molecule is C=C(C)c1cc(Cl)cc(C(N)C(=O)O)c1. The quantitative estimate of drug-likeness (QED) is 0.831. The molecule has 0 amide bonds. The second-order valence-corrected chi connectivity index (χ2v) is 3.81. The fraction of sp³-hybridized carbons (Fsp3) is 0.182. The minimum Gasteiger partial charge on any atom is -0.480 e. The molecule has 1 aromatic carbocycles. The van der Waals surface area contributed by atoms with Crippen molar-refractivity contribution in [2.24, 2.45) is 5.73 Å². The molecule has 0 aliphatic heterocycles. The standard InChI is InChI=1S/C11H12ClNO2/c1-6(2)7-3-8(5-9(12)4-7)10(13)11(14)15/h3-5,10H,1,13H2,2H3,(H,14,15). The van der Waals surface area contributed by atoms with Crippen LogP contribution >= 0.6 is 11.6 Å². The Bertz CT molecular complexity index is 415. The number of allylic oxidation sites excluding steroid dienone is 1. The molecule has 1 atom stereocenters. The third-order valence-corrected chi connectivity index (χ3v) is 2.26. The molecule has 0 saturated carbocycles. The molecule has 0 aliphatic carbocycles. The molecule has 0 spiro atoms. The van der Waals surface area contributed by atoms with Gasteiger partial charge in [-0.05, 0) is 36.2 Å². The molecular formula is C11H12ClNO2. The zero-order chi connectivity index (χ0) is 11.6. The van der Waals surface area contributed by atoms with Crippen LogP contribution in [0.2, 0.25) is 5.02 Å². The largest absolute Gasteiger partial charge is 0.480 e. The molecule has 15 heavy (non-hydrogen) atoms. The van der Waals surface area contributed by atoms with E-state index in [1.165, 1.54) is 0 Å². The summed E-state index contributed by atoms with van der Waals surface area (Å²) in [5.41, 5.74) is 7.58. The van der Waals surface area contributed by atoms with Crippen LogP contribution in [0.15, 0.2) is 24.8 Å². The van der Waals surface area contributed by atoms with E-state index in [2.05, 4.69) is 6.58 Å². The lowest BCUT2D eigenvalue weighted by Crippen LogP contribution is -2.20. The van der Waals surface area contributed by atoms with E-state index in [0.29, 0.717) is 10.6 Å². The van der Waals surface area contributed by atoms with Crippen LogP contribution in [0.25, 0.3) is 5.57 Å². The van der Waals surface area contributed by atoms with Crippen molar-refractivity contribution in [1.29, 1.82) is 0 Å². The van der Waals surface area contributed by atoms with Crippen LogP contribution in [0.5, 0.6) is 0 Å². The topological polar surface area (TPSA) is 63.3 Å². The molecule has 1 unspecified atom stereocenters. The molecule has 1 rings (SSSR count). The van der Waals surface area contributed by atoms with E-state index in [-0.39, 0.29) is 0 Å². The molecule has 0 bridgehead atoms. The molecule has 0 heterocycles. The van der Waals surface area contributed by atoms with Crippen LogP contribution in [0.1, 0.15) is 24.1 Å². The highest BCUT2D eigenvalue weighted by Gasteiger charge is 2.15. The maximum Gasteiger partial charge on any atom is 0.325 e. The van der Waals surface area contributed by atoms with E-state index in [4.69, 9.17) is 22.4 Å². The summed E-state index contributed by atoms with van der Waals surface area (Å²) in [7, 11) is 0. The summed E-state index contributed by atoms with van der Waals surface area (Å²) < 4.78 is 0. The molecule has 80 valence electrons. The monoisotopic (exact) mass is 225 g/mol. The number of benzene rings is 1. The van der Waals surface area contributed by atoms with E-state index in [1.54, 1.807) is 18.2 Å². The van der Waals surface area contributed by atoms with Crippen molar-refractivity contribution in [3.8, 4) is 0 Å². The minimum absolute atomic E-state index is 0.460. The van der Waals surface area contributed by atoms with E-state index in [9.17, 15) is 4.79 Å². The van der Waals surface area contributed by atoms with Gasteiger partial charge in [0.05, 0.1) is 0 Å². The van der Waals surface area contributed by atoms with Gasteiger partial charge in [0.1, 0.15) is 6.04 Å². The van der Waals surface area contributed by atoms with Crippen LogP contribution in [-0.2, 0) is 4.79 Å². The van der Waals surface area contributed by atoms with Gasteiger partial charge in [0.25, 0.3) is 0 Å². The van der Waals surface area contributed by atoms with Gasteiger partial charge in [-0.15, -0.1) is 0 Å². The number of halogens is 1. The molecule has 3 nitrogen and oxygen atoms in total. The predicted octanol–water partition coefficient (Wildman–Crippen LogP) is 2.46. The first kappa shape index (κ1) is 11.8. The normalized spacial score (nSPS) is 12.2. The molecule has 0 fully saturated rings. The second kappa shape index (κ2) is 4.47. The molecule has 0 aromatic heterocycles. The Morgan fingerprint density at radius 2 is 2.13 bits per heavy atom. The second-order valence-electron chi connectivity index (χ2n) is 3.37. The highest BCUT2D eigenvalue weighted by Crippen LogP contribution is 2.23. The Morgan fingerprint density at radius 1 is 1.53 bits per heavy atom. The third kappa shape index (κ3) is 2.81. The number of hydrogen-bond acceptors (Lipinski definition) is 2. The smallest absolute Gasteiger partial charge is 0.325 e. The zero-order valence-corrected chi connectivity index (χ0v) is 9.08. The van der Waals surface area contributed by atoms with Gasteiger partial charge in [-0.2, -0.15) is 0 Å². The van der Waals surface area contributed by atoms with Gasteiger partial charge in [0.15, 0.2) is 0 Å². The molecule has 0 radical (unpaired) electrons. The maximum absolute atomic E-state index is 10.7. The van der Waals surface area contributed by atoms with E-state index < -0.39 is 12.0 Å². The van der Waals surface area contributed by atoms with Crippen molar-refractivity contribution in [1.82, 2.24) is 0 Å². The van der Waals surface area contributed by atoms with Crippen molar-refractivity contribution < 1.29 is 9.90 Å². The van der Waals surface area contributed by atoms with Crippen molar-refractivity contribution in [2.45, 2.75) is 13.0 Å². The number of aliphatic carboxylic acids is 1. The molecule has 0 saturated heterocycles. The lowest BCUT2D eigenvalue weighted by atomic mass is 10.0. The molecule has 1 aromatic rings. The van der Waals surface area contributed by atoms with Crippen LogP contribution in [0.4, 0.5) is 0 Å². The molecule has 3 N–H and O–H groups in total. The molecule has 4 heteroatoms. The van der Waals surface area contributed by atoms with Crippen molar-refractivity contribution >= 4 is 23.1 Å². The van der Waals surface area contributed by atoms with Crippen molar-refractivity contribution in [3.63, 3.8) is 0 Å². The first-order chi connectivity index (χ1) is 6.91. The van der Waals surface area contributed by atoms with Crippen LogP contribution < -0.4 is 5.73 Å². The van der Waals surface area contributed by atoms with Gasteiger partial charge in [-0.25, -0.2) is 0 Å². The van der Waals surface area contributed by atoms with Gasteiger partial charge < -0.3 is 10.8 Å². The van der Waals surface area contributed by atoms with Gasteiger partial charge in [0, 0.05) is 5.02 Å². The average molecular weight is 226 g/mol. The summed E-state index contributed by atoms with van der Waals surface area (Å²) in [6.07, 6.45) is 0. The predicted molar refractivity (Wildman–Crippen MR) is 60.7 cm³/mol. The summed E-state index contributed by atoms with van der Waals surface area (Å²) in [5, 5.41) is 9.23. The number of carbonyl (C=O) groups is 1. The summed E-state index contributed by atoms with van der Waals surface area (Å²) in [6, 6.07) is 3.91. The summed E-state index contributed by atoms with van der Waals surface area (Å²) in [5.74, 6) is -1.08. The lowest BCUT2D eigenvalue weighted by Gasteiger charge is -2.10. The number of nitrogens with two attached hydrogens (primary N) is 1. The molecule has 0 aliphatic rings. The first-order valence-corrected chi connectivity index (χ1v) is 4.74. The summed E-state index contributed by atoms with van der Waals surface area (Å²) >= 11 is 5.85. The third-order valence-electron chi connectivity index (χ3n) is 2.04. The highest BCUT2D eigenvalue weighted by atomic mass is 35.5. The fourth-order valence-electron chi connectivity index (χ4n) is 1.18. The Morgan fingerprint density at radius 3 is 2.60 bits per heavy atom. The van der Waals surface area contributed by atoms with Gasteiger partial charge >= 0.3 is 5.97 Å². The first-order valence-electron chi connectivity index (χ1n) is 4.36. The van der Waals surface area contributed by atoms with E-state index in [0.717, 1.165) is 11.1 Å². The van der Waals surface area contributed by atoms with Gasteiger partial charge in [0.2, 0.25) is 0 Å². The minimum atomic E-state index is -1.08. The Balaban J connectivity index is 3.20. The van der Waals surface area contributed by atoms with E-state index >= 15 is 0 Å². The van der Waals surface area contributed by atoms with Crippen molar-refractivity contribution in [3.05, 3.63) is 40.9 Å². The number of rotatable bonds is 3. The van der Waals surface area contributed by atoms with Crippen LogP contribution in [0.3, 0.4) is 0 Å². The average Bonchev–Trinajstić information content (AvgIpc) is 2.15. The summed E-state index contributed by atoms with van der Waals surface area (Å²) in [4.78, 5) is 10.7. The van der Waals surface area contributed by atoms with Crippen molar-refractivity contribution in [2.75, 3.05) is 0 Å². The highest BCUT2D eigenvalue weighted by molar-refractivity contribution is 6.30. The lowest BCUT2D eigenvalue weighted by molar-refractivity contribution is -0.138.